The summed E-state index contributed by atoms with van der Waals surface area (Å²) in [6.07, 6.45) is 1.67. The molecule has 0 saturated heterocycles. The summed E-state index contributed by atoms with van der Waals surface area (Å²) in [4.78, 5) is 12.0. The Bertz CT molecular complexity index is 979. The van der Waals surface area contributed by atoms with Crippen LogP contribution in [0, 0.1) is 5.82 Å². The summed E-state index contributed by atoms with van der Waals surface area (Å²) in [5.74, 6) is 0.952. The largest absolute Gasteiger partial charge is 0.356 e. The summed E-state index contributed by atoms with van der Waals surface area (Å²) in [6, 6.07) is 13.9. The number of thioether (sulfide) groups is 1. The van der Waals surface area contributed by atoms with Gasteiger partial charge in [-0.15, -0.1) is 10.2 Å². The van der Waals surface area contributed by atoms with Crippen LogP contribution in [0.5, 0.6) is 0 Å². The zero-order valence-corrected chi connectivity index (χ0v) is 17.6. The van der Waals surface area contributed by atoms with Gasteiger partial charge in [-0.05, 0) is 42.3 Å². The first-order chi connectivity index (χ1) is 14.1. The minimum absolute atomic E-state index is 0.0125. The van der Waals surface area contributed by atoms with Gasteiger partial charge in [0, 0.05) is 30.2 Å². The molecule has 0 aliphatic heterocycles. The van der Waals surface area contributed by atoms with E-state index in [9.17, 15) is 9.18 Å². The molecule has 0 aliphatic carbocycles. The fraction of sp³-hybridized carbons (Fsp3) is 0.286. The molecule has 1 N–H and O–H groups in total. The number of amides is 1. The van der Waals surface area contributed by atoms with E-state index < -0.39 is 0 Å². The minimum Gasteiger partial charge on any atom is -0.356 e. The van der Waals surface area contributed by atoms with Gasteiger partial charge in [-0.3, -0.25) is 9.36 Å². The molecule has 0 unspecified atom stereocenters. The monoisotopic (exact) mass is 432 g/mol. The fourth-order valence-corrected chi connectivity index (χ4v) is 3.88. The Kier molecular flexibility index (Phi) is 7.66. The summed E-state index contributed by atoms with van der Waals surface area (Å²) in [5.41, 5.74) is 1.68. The average molecular weight is 433 g/mol. The highest BCUT2D eigenvalue weighted by Crippen LogP contribution is 2.27. The number of nitrogens with zero attached hydrogens (tertiary/aromatic N) is 3. The summed E-state index contributed by atoms with van der Waals surface area (Å²) >= 11 is 7.63. The number of aryl methyl sites for hydroxylation is 1. The van der Waals surface area contributed by atoms with E-state index in [0.29, 0.717) is 41.1 Å². The highest BCUT2D eigenvalue weighted by atomic mass is 35.5. The minimum atomic E-state index is -0.266. The maximum Gasteiger partial charge on any atom is 0.220 e. The van der Waals surface area contributed by atoms with Gasteiger partial charge in [0.15, 0.2) is 5.16 Å². The lowest BCUT2D eigenvalue weighted by atomic mass is 10.2. The van der Waals surface area contributed by atoms with Crippen LogP contribution in [0.4, 0.5) is 4.39 Å². The number of carbonyl (C=O) groups excluding carboxylic acids is 1. The molecule has 0 spiro atoms. The van der Waals surface area contributed by atoms with Crippen molar-refractivity contribution in [2.45, 2.75) is 37.1 Å². The standard InChI is InChI=1S/C21H22ClFN4OS/c1-2-11-24-20(28)10-9-19-25-26-21(27(19)18-8-4-6-16(22)13-18)29-14-15-5-3-7-17(23)12-15/h3-8,12-13H,2,9-11,14H2,1H3,(H,24,28). The van der Waals surface area contributed by atoms with Crippen molar-refractivity contribution >= 4 is 29.3 Å². The molecule has 0 fully saturated rings. The maximum absolute atomic E-state index is 13.5. The van der Waals surface area contributed by atoms with E-state index in [1.54, 1.807) is 12.1 Å². The number of nitrogens with one attached hydrogen (secondary N) is 1. The van der Waals surface area contributed by atoms with Crippen LogP contribution in [-0.2, 0) is 17.0 Å². The molecule has 0 saturated carbocycles. The van der Waals surface area contributed by atoms with E-state index in [0.717, 1.165) is 17.7 Å². The van der Waals surface area contributed by atoms with Crippen LogP contribution in [0.25, 0.3) is 5.69 Å². The number of hydrogen-bond donors (Lipinski definition) is 1. The molecular weight excluding hydrogens is 411 g/mol. The molecule has 29 heavy (non-hydrogen) atoms. The normalized spacial score (nSPS) is 10.9. The van der Waals surface area contributed by atoms with E-state index in [-0.39, 0.29) is 11.7 Å². The Balaban J connectivity index is 1.82. The van der Waals surface area contributed by atoms with Crippen LogP contribution in [-0.4, -0.2) is 27.2 Å². The summed E-state index contributed by atoms with van der Waals surface area (Å²) in [7, 11) is 0. The second kappa shape index (κ2) is 10.4. The summed E-state index contributed by atoms with van der Waals surface area (Å²) in [6.45, 7) is 2.67. The lowest BCUT2D eigenvalue weighted by Gasteiger charge is -2.11. The molecular formula is C21H22ClFN4OS. The molecule has 1 aromatic heterocycles. The first kappa shape index (κ1) is 21.3. The van der Waals surface area contributed by atoms with Crippen molar-refractivity contribution in [2.75, 3.05) is 6.54 Å². The average Bonchev–Trinajstić information content (AvgIpc) is 3.12. The molecule has 0 aliphatic rings. The predicted molar refractivity (Wildman–Crippen MR) is 114 cm³/mol. The summed E-state index contributed by atoms with van der Waals surface area (Å²) in [5, 5.41) is 12.7. The molecule has 0 radical (unpaired) electrons. The second-order valence-corrected chi connectivity index (χ2v) is 7.86. The van der Waals surface area contributed by atoms with Gasteiger partial charge in [-0.2, -0.15) is 0 Å². The Labute approximate surface area is 178 Å². The van der Waals surface area contributed by atoms with E-state index in [2.05, 4.69) is 15.5 Å². The zero-order chi connectivity index (χ0) is 20.6. The van der Waals surface area contributed by atoms with Crippen molar-refractivity contribution in [3.8, 4) is 5.69 Å². The highest BCUT2D eigenvalue weighted by Gasteiger charge is 2.16. The Morgan fingerprint density at radius 2 is 2.03 bits per heavy atom. The van der Waals surface area contributed by atoms with Crippen molar-refractivity contribution < 1.29 is 9.18 Å². The van der Waals surface area contributed by atoms with Gasteiger partial charge in [0.05, 0.1) is 5.69 Å². The lowest BCUT2D eigenvalue weighted by Crippen LogP contribution is -2.24. The van der Waals surface area contributed by atoms with Gasteiger partial charge in [-0.25, -0.2) is 4.39 Å². The Hall–Kier alpha value is -2.38. The molecule has 8 heteroatoms. The van der Waals surface area contributed by atoms with Crippen molar-refractivity contribution in [1.82, 2.24) is 20.1 Å². The predicted octanol–water partition coefficient (Wildman–Crippen LogP) is 4.81. The van der Waals surface area contributed by atoms with E-state index in [1.807, 2.05) is 35.8 Å². The maximum atomic E-state index is 13.5. The second-order valence-electron chi connectivity index (χ2n) is 6.48. The molecule has 3 aromatic rings. The van der Waals surface area contributed by atoms with E-state index in [4.69, 9.17) is 11.6 Å². The zero-order valence-electron chi connectivity index (χ0n) is 16.1. The van der Waals surface area contributed by atoms with Gasteiger partial charge in [0.1, 0.15) is 11.6 Å². The quantitative estimate of drug-likeness (QED) is 0.493. The molecule has 0 bridgehead atoms. The number of rotatable bonds is 9. The van der Waals surface area contributed by atoms with Crippen LogP contribution in [0.3, 0.4) is 0 Å². The van der Waals surface area contributed by atoms with E-state index >= 15 is 0 Å². The number of aromatic nitrogens is 3. The molecule has 0 atom stereocenters. The Morgan fingerprint density at radius 3 is 2.79 bits per heavy atom. The summed E-state index contributed by atoms with van der Waals surface area (Å²) < 4.78 is 15.4. The van der Waals surface area contributed by atoms with Crippen molar-refractivity contribution in [2.24, 2.45) is 0 Å². The molecule has 152 valence electrons. The molecule has 1 heterocycles. The van der Waals surface area contributed by atoms with Gasteiger partial charge >= 0.3 is 0 Å². The smallest absolute Gasteiger partial charge is 0.220 e. The SMILES string of the molecule is CCCNC(=O)CCc1nnc(SCc2cccc(F)c2)n1-c1cccc(Cl)c1. The third-order valence-corrected chi connectivity index (χ3v) is 5.41. The van der Waals surface area contributed by atoms with Crippen LogP contribution in [0.1, 0.15) is 31.2 Å². The number of hydrogen-bond acceptors (Lipinski definition) is 4. The molecule has 3 rings (SSSR count). The fourth-order valence-electron chi connectivity index (χ4n) is 2.78. The number of carbonyl (C=O) groups is 1. The van der Waals surface area contributed by atoms with Gasteiger partial charge < -0.3 is 5.32 Å². The van der Waals surface area contributed by atoms with Crippen LogP contribution >= 0.6 is 23.4 Å². The first-order valence-electron chi connectivity index (χ1n) is 9.41. The molecule has 2 aromatic carbocycles. The van der Waals surface area contributed by atoms with Crippen molar-refractivity contribution in [3.05, 3.63) is 70.8 Å². The topological polar surface area (TPSA) is 59.8 Å². The van der Waals surface area contributed by atoms with Gasteiger partial charge in [0.25, 0.3) is 0 Å². The third kappa shape index (κ3) is 6.05. The Morgan fingerprint density at radius 1 is 1.21 bits per heavy atom. The molecule has 1 amide bonds. The molecule has 5 nitrogen and oxygen atoms in total. The highest BCUT2D eigenvalue weighted by molar-refractivity contribution is 7.98. The first-order valence-corrected chi connectivity index (χ1v) is 10.8. The van der Waals surface area contributed by atoms with Gasteiger partial charge in [-0.1, -0.05) is 48.5 Å². The van der Waals surface area contributed by atoms with Gasteiger partial charge in [0.2, 0.25) is 5.91 Å². The van der Waals surface area contributed by atoms with Crippen molar-refractivity contribution in [1.29, 1.82) is 0 Å². The third-order valence-electron chi connectivity index (χ3n) is 4.17. The number of benzene rings is 2. The van der Waals surface area contributed by atoms with Crippen LogP contribution in [0.15, 0.2) is 53.7 Å². The van der Waals surface area contributed by atoms with E-state index in [1.165, 1.54) is 23.9 Å². The number of halogens is 2. The van der Waals surface area contributed by atoms with Crippen molar-refractivity contribution in [3.63, 3.8) is 0 Å². The lowest BCUT2D eigenvalue weighted by molar-refractivity contribution is -0.121. The van der Waals surface area contributed by atoms with Crippen LogP contribution < -0.4 is 5.32 Å². The van der Waals surface area contributed by atoms with Crippen LogP contribution in [0.2, 0.25) is 5.02 Å².